The molecule has 0 bridgehead atoms. The number of hydrogen-bond donors (Lipinski definition) is 0. The lowest BCUT2D eigenvalue weighted by Gasteiger charge is -2.12. The van der Waals surface area contributed by atoms with Crippen molar-refractivity contribution in [2.75, 3.05) is 26.1 Å². The first-order valence-corrected chi connectivity index (χ1v) is 5.72. The van der Waals surface area contributed by atoms with Gasteiger partial charge in [-0.3, -0.25) is 0 Å². The van der Waals surface area contributed by atoms with Crippen LogP contribution in [0.2, 0.25) is 0 Å². The second-order valence-electron chi connectivity index (χ2n) is 3.74. The standard InChI is InChI=1S/C12H13BrN2O/c1-15(2)12-5-4-8-6-9(13)11(16-3)7-10(8)14-12/h4-7H,1-3H3. The summed E-state index contributed by atoms with van der Waals surface area (Å²) in [4.78, 5) is 6.53. The zero-order valence-electron chi connectivity index (χ0n) is 9.49. The van der Waals surface area contributed by atoms with Crippen LogP contribution in [0, 0.1) is 0 Å². The first-order valence-electron chi connectivity index (χ1n) is 4.93. The van der Waals surface area contributed by atoms with Crippen molar-refractivity contribution in [3.8, 4) is 5.75 Å². The molecular formula is C12H13BrN2O. The fourth-order valence-corrected chi connectivity index (χ4v) is 2.04. The molecule has 2 rings (SSSR count). The third kappa shape index (κ3) is 1.97. The van der Waals surface area contributed by atoms with Crippen LogP contribution in [0.4, 0.5) is 5.82 Å². The molecule has 0 aliphatic rings. The van der Waals surface area contributed by atoms with E-state index in [-0.39, 0.29) is 0 Å². The molecule has 0 saturated carbocycles. The number of pyridine rings is 1. The van der Waals surface area contributed by atoms with E-state index in [9.17, 15) is 0 Å². The average molecular weight is 281 g/mol. The van der Waals surface area contributed by atoms with E-state index in [1.165, 1.54) is 0 Å². The number of anilines is 1. The molecule has 0 radical (unpaired) electrons. The number of methoxy groups -OCH3 is 1. The second kappa shape index (κ2) is 4.29. The Balaban J connectivity index is 2.63. The van der Waals surface area contributed by atoms with Gasteiger partial charge >= 0.3 is 0 Å². The van der Waals surface area contributed by atoms with Crippen LogP contribution >= 0.6 is 15.9 Å². The molecule has 0 saturated heterocycles. The van der Waals surface area contributed by atoms with Crippen LogP contribution in [-0.2, 0) is 0 Å². The molecule has 16 heavy (non-hydrogen) atoms. The van der Waals surface area contributed by atoms with E-state index in [0.717, 1.165) is 26.9 Å². The van der Waals surface area contributed by atoms with Crippen LogP contribution < -0.4 is 9.64 Å². The highest BCUT2D eigenvalue weighted by Gasteiger charge is 2.05. The summed E-state index contributed by atoms with van der Waals surface area (Å²) in [5, 5.41) is 1.10. The van der Waals surface area contributed by atoms with Gasteiger partial charge in [-0.1, -0.05) is 0 Å². The van der Waals surface area contributed by atoms with Crippen molar-refractivity contribution in [2.24, 2.45) is 0 Å². The van der Waals surface area contributed by atoms with Crippen molar-refractivity contribution in [1.29, 1.82) is 0 Å². The Morgan fingerprint density at radius 1 is 1.25 bits per heavy atom. The lowest BCUT2D eigenvalue weighted by Crippen LogP contribution is -2.10. The molecule has 0 atom stereocenters. The van der Waals surface area contributed by atoms with E-state index in [2.05, 4.69) is 27.0 Å². The largest absolute Gasteiger partial charge is 0.495 e. The van der Waals surface area contributed by atoms with Gasteiger partial charge in [0, 0.05) is 25.5 Å². The summed E-state index contributed by atoms with van der Waals surface area (Å²) in [5.41, 5.74) is 0.936. The number of hydrogen-bond acceptors (Lipinski definition) is 3. The molecule has 0 spiro atoms. The van der Waals surface area contributed by atoms with Gasteiger partial charge in [-0.15, -0.1) is 0 Å². The molecule has 3 nitrogen and oxygen atoms in total. The normalized spacial score (nSPS) is 10.5. The van der Waals surface area contributed by atoms with Gasteiger partial charge in [-0.25, -0.2) is 4.98 Å². The van der Waals surface area contributed by atoms with Crippen molar-refractivity contribution in [1.82, 2.24) is 4.98 Å². The molecule has 4 heteroatoms. The SMILES string of the molecule is COc1cc2nc(N(C)C)ccc2cc1Br. The lowest BCUT2D eigenvalue weighted by atomic mass is 10.2. The Hall–Kier alpha value is -1.29. The fourth-order valence-electron chi connectivity index (χ4n) is 1.52. The highest BCUT2D eigenvalue weighted by atomic mass is 79.9. The molecule has 0 N–H and O–H groups in total. The Labute approximate surface area is 103 Å². The number of aromatic nitrogens is 1. The van der Waals surface area contributed by atoms with Gasteiger partial charge in [-0.05, 0) is 34.1 Å². The number of nitrogens with zero attached hydrogens (tertiary/aromatic N) is 2. The summed E-state index contributed by atoms with van der Waals surface area (Å²) in [5.74, 6) is 1.74. The van der Waals surface area contributed by atoms with Crippen LogP contribution in [0.1, 0.15) is 0 Å². The van der Waals surface area contributed by atoms with Crippen LogP contribution in [0.3, 0.4) is 0 Å². The first kappa shape index (κ1) is 11.2. The fraction of sp³-hybridized carbons (Fsp3) is 0.250. The van der Waals surface area contributed by atoms with Crippen LogP contribution in [-0.4, -0.2) is 26.2 Å². The van der Waals surface area contributed by atoms with Crippen molar-refractivity contribution < 1.29 is 4.74 Å². The Morgan fingerprint density at radius 2 is 2.00 bits per heavy atom. The van der Waals surface area contributed by atoms with Gasteiger partial charge in [0.05, 0.1) is 17.1 Å². The summed E-state index contributed by atoms with van der Waals surface area (Å²) < 4.78 is 6.20. The molecule has 2 aromatic rings. The molecule has 0 aliphatic heterocycles. The second-order valence-corrected chi connectivity index (χ2v) is 4.60. The minimum absolute atomic E-state index is 0.802. The Morgan fingerprint density at radius 3 is 2.62 bits per heavy atom. The van der Waals surface area contributed by atoms with Gasteiger partial charge in [-0.2, -0.15) is 0 Å². The Bertz CT molecular complexity index is 526. The summed E-state index contributed by atoms with van der Waals surface area (Å²) in [6.07, 6.45) is 0. The predicted molar refractivity (Wildman–Crippen MR) is 70.3 cm³/mol. The zero-order valence-corrected chi connectivity index (χ0v) is 11.1. The van der Waals surface area contributed by atoms with Gasteiger partial charge in [0.25, 0.3) is 0 Å². The average Bonchev–Trinajstić information content (AvgIpc) is 2.27. The van der Waals surface area contributed by atoms with Gasteiger partial charge in [0.2, 0.25) is 0 Å². The van der Waals surface area contributed by atoms with E-state index in [4.69, 9.17) is 4.74 Å². The van der Waals surface area contributed by atoms with Crippen LogP contribution in [0.25, 0.3) is 10.9 Å². The number of fused-ring (bicyclic) bond motifs is 1. The van der Waals surface area contributed by atoms with E-state index in [0.29, 0.717) is 0 Å². The number of ether oxygens (including phenoxy) is 1. The maximum absolute atomic E-state index is 5.25. The molecule has 1 aromatic carbocycles. The molecule has 1 aromatic heterocycles. The first-order chi connectivity index (χ1) is 7.61. The van der Waals surface area contributed by atoms with E-state index in [1.807, 2.05) is 37.2 Å². The number of benzene rings is 1. The molecule has 1 heterocycles. The predicted octanol–water partition coefficient (Wildman–Crippen LogP) is 3.07. The maximum atomic E-state index is 5.25. The molecule has 0 unspecified atom stereocenters. The minimum atomic E-state index is 0.802. The third-order valence-corrected chi connectivity index (χ3v) is 3.03. The van der Waals surface area contributed by atoms with E-state index < -0.39 is 0 Å². The molecule has 0 aliphatic carbocycles. The number of rotatable bonds is 2. The van der Waals surface area contributed by atoms with Crippen LogP contribution in [0.5, 0.6) is 5.75 Å². The number of halogens is 1. The summed E-state index contributed by atoms with van der Waals surface area (Å²) >= 11 is 3.46. The van der Waals surface area contributed by atoms with E-state index in [1.54, 1.807) is 7.11 Å². The maximum Gasteiger partial charge on any atom is 0.135 e. The molecule has 0 amide bonds. The van der Waals surface area contributed by atoms with Gasteiger partial charge in [0.1, 0.15) is 11.6 Å². The summed E-state index contributed by atoms with van der Waals surface area (Å²) in [6, 6.07) is 8.01. The van der Waals surface area contributed by atoms with Crippen LogP contribution in [0.15, 0.2) is 28.7 Å². The monoisotopic (exact) mass is 280 g/mol. The lowest BCUT2D eigenvalue weighted by molar-refractivity contribution is 0.412. The van der Waals surface area contributed by atoms with Gasteiger partial charge in [0.15, 0.2) is 0 Å². The highest BCUT2D eigenvalue weighted by Crippen LogP contribution is 2.30. The van der Waals surface area contributed by atoms with Crippen molar-refractivity contribution in [3.63, 3.8) is 0 Å². The molecule has 84 valence electrons. The topological polar surface area (TPSA) is 25.4 Å². The summed E-state index contributed by atoms with van der Waals surface area (Å²) in [7, 11) is 5.61. The Kier molecular flexibility index (Phi) is 3.01. The third-order valence-electron chi connectivity index (χ3n) is 2.41. The van der Waals surface area contributed by atoms with Crippen molar-refractivity contribution >= 4 is 32.7 Å². The van der Waals surface area contributed by atoms with Gasteiger partial charge < -0.3 is 9.64 Å². The molecule has 0 fully saturated rings. The smallest absolute Gasteiger partial charge is 0.135 e. The minimum Gasteiger partial charge on any atom is -0.495 e. The van der Waals surface area contributed by atoms with E-state index >= 15 is 0 Å². The van der Waals surface area contributed by atoms with Crippen molar-refractivity contribution in [3.05, 3.63) is 28.7 Å². The highest BCUT2D eigenvalue weighted by molar-refractivity contribution is 9.10. The molecular weight excluding hydrogens is 268 g/mol. The quantitative estimate of drug-likeness (QED) is 0.846. The summed E-state index contributed by atoms with van der Waals surface area (Å²) in [6.45, 7) is 0. The van der Waals surface area contributed by atoms with Crippen molar-refractivity contribution in [2.45, 2.75) is 0 Å². The zero-order chi connectivity index (χ0) is 11.7.